The molecule has 0 amide bonds. The first-order valence-corrected chi connectivity index (χ1v) is 6.89. The Bertz CT molecular complexity index is 771. The Labute approximate surface area is 126 Å². The maximum atomic E-state index is 9.36. The number of rotatable bonds is 4. The van der Waals surface area contributed by atoms with Crippen LogP contribution in [0.25, 0.3) is 16.7 Å². The molecule has 6 nitrogen and oxygen atoms in total. The van der Waals surface area contributed by atoms with Crippen molar-refractivity contribution in [3.8, 4) is 5.69 Å². The van der Waals surface area contributed by atoms with Gasteiger partial charge >= 0.3 is 0 Å². The molecule has 2 aromatic heterocycles. The van der Waals surface area contributed by atoms with Gasteiger partial charge in [0.05, 0.1) is 23.4 Å². The lowest BCUT2D eigenvalue weighted by molar-refractivity contribution is 0.208. The Balaban J connectivity index is 2.05. The fourth-order valence-corrected chi connectivity index (χ4v) is 2.21. The number of anilines is 1. The number of hydrogen-bond donors (Lipinski definition) is 2. The predicted molar refractivity (Wildman–Crippen MR) is 81.8 cm³/mol. The average Bonchev–Trinajstić information content (AvgIpc) is 2.89. The summed E-state index contributed by atoms with van der Waals surface area (Å²) in [6.45, 7) is 2.12. The molecule has 0 saturated heterocycles. The molecule has 0 aliphatic heterocycles. The zero-order chi connectivity index (χ0) is 14.8. The van der Waals surface area contributed by atoms with Gasteiger partial charge in [0.25, 0.3) is 0 Å². The second-order valence-corrected chi connectivity index (χ2v) is 5.16. The van der Waals surface area contributed by atoms with Gasteiger partial charge in [-0.25, -0.2) is 14.6 Å². The van der Waals surface area contributed by atoms with Gasteiger partial charge in [0, 0.05) is 11.6 Å². The molecule has 0 fully saturated rings. The lowest BCUT2D eigenvalue weighted by Gasteiger charge is -2.08. The smallest absolute Gasteiger partial charge is 0.168 e. The third-order valence-corrected chi connectivity index (χ3v) is 3.22. The molecule has 3 rings (SSSR count). The number of halogens is 1. The van der Waals surface area contributed by atoms with Crippen LogP contribution in [0.15, 0.2) is 36.8 Å². The number of aliphatic hydroxyl groups excluding tert-OH is 1. The maximum Gasteiger partial charge on any atom is 0.168 e. The van der Waals surface area contributed by atoms with E-state index >= 15 is 0 Å². The van der Waals surface area contributed by atoms with Gasteiger partial charge < -0.3 is 10.4 Å². The summed E-state index contributed by atoms with van der Waals surface area (Å²) >= 11 is 6.01. The summed E-state index contributed by atoms with van der Waals surface area (Å²) in [6, 6.07) is 7.39. The molecule has 0 bridgehead atoms. The summed E-state index contributed by atoms with van der Waals surface area (Å²) in [7, 11) is 0. The Hall–Kier alpha value is -2.18. The zero-order valence-electron chi connectivity index (χ0n) is 11.4. The van der Waals surface area contributed by atoms with Crippen molar-refractivity contribution in [1.29, 1.82) is 0 Å². The molecule has 0 spiro atoms. The Kier molecular flexibility index (Phi) is 3.72. The summed E-state index contributed by atoms with van der Waals surface area (Å²) < 4.78 is 1.70. The first-order valence-electron chi connectivity index (χ1n) is 6.52. The Morgan fingerprint density at radius 1 is 1.38 bits per heavy atom. The largest absolute Gasteiger partial charge is 0.392 e. The van der Waals surface area contributed by atoms with E-state index in [4.69, 9.17) is 11.6 Å². The minimum atomic E-state index is -0.460. The lowest BCUT2D eigenvalue weighted by atomic mass is 10.3. The van der Waals surface area contributed by atoms with Gasteiger partial charge in [0.1, 0.15) is 12.1 Å². The highest BCUT2D eigenvalue weighted by atomic mass is 35.5. The van der Waals surface area contributed by atoms with E-state index in [9.17, 15) is 5.11 Å². The molecule has 0 radical (unpaired) electrons. The maximum absolute atomic E-state index is 9.36. The minimum Gasteiger partial charge on any atom is -0.392 e. The lowest BCUT2D eigenvalue weighted by Crippen LogP contribution is -2.16. The van der Waals surface area contributed by atoms with Gasteiger partial charge in [0.15, 0.2) is 5.65 Å². The van der Waals surface area contributed by atoms with E-state index in [2.05, 4.69) is 20.4 Å². The van der Waals surface area contributed by atoms with Gasteiger partial charge in [-0.05, 0) is 25.1 Å². The van der Waals surface area contributed by atoms with Gasteiger partial charge in [-0.1, -0.05) is 17.7 Å². The van der Waals surface area contributed by atoms with Crippen LogP contribution in [0.2, 0.25) is 5.02 Å². The van der Waals surface area contributed by atoms with Crippen LogP contribution in [0, 0.1) is 0 Å². The number of benzene rings is 1. The summed E-state index contributed by atoms with van der Waals surface area (Å²) in [6.07, 6.45) is 2.70. The van der Waals surface area contributed by atoms with Gasteiger partial charge in [-0.15, -0.1) is 0 Å². The fourth-order valence-electron chi connectivity index (χ4n) is 2.03. The molecule has 3 aromatic rings. The summed E-state index contributed by atoms with van der Waals surface area (Å²) in [5.41, 5.74) is 1.51. The summed E-state index contributed by atoms with van der Waals surface area (Å²) in [5, 5.41) is 18.2. The quantitative estimate of drug-likeness (QED) is 0.773. The molecule has 21 heavy (non-hydrogen) atoms. The van der Waals surface area contributed by atoms with Crippen LogP contribution >= 0.6 is 11.6 Å². The van der Waals surface area contributed by atoms with Crippen LogP contribution in [0.4, 0.5) is 5.82 Å². The minimum absolute atomic E-state index is 0.411. The topological polar surface area (TPSA) is 75.9 Å². The number of hydrogen-bond acceptors (Lipinski definition) is 5. The first-order chi connectivity index (χ1) is 10.1. The number of nitrogens with one attached hydrogen (secondary N) is 1. The van der Waals surface area contributed by atoms with E-state index < -0.39 is 6.10 Å². The standard InChI is InChI=1S/C14H14ClN5O/c1-9(21)6-16-13-12-7-19-20(14(12)18-8-17-13)11-4-2-3-10(15)5-11/h2-5,7-9,21H,6H2,1H3,(H,16,17,18). The Morgan fingerprint density at radius 3 is 3.00 bits per heavy atom. The van der Waals surface area contributed by atoms with Crippen molar-refractivity contribution in [3.63, 3.8) is 0 Å². The average molecular weight is 304 g/mol. The Morgan fingerprint density at radius 2 is 2.24 bits per heavy atom. The summed E-state index contributed by atoms with van der Waals surface area (Å²) in [4.78, 5) is 8.47. The van der Waals surface area contributed by atoms with Gasteiger partial charge in [-0.3, -0.25) is 0 Å². The van der Waals surface area contributed by atoms with Crippen molar-refractivity contribution in [1.82, 2.24) is 19.7 Å². The molecule has 2 heterocycles. The highest BCUT2D eigenvalue weighted by Crippen LogP contribution is 2.22. The van der Waals surface area contributed by atoms with Crippen molar-refractivity contribution in [2.75, 3.05) is 11.9 Å². The number of nitrogens with zero attached hydrogens (tertiary/aromatic N) is 4. The number of aromatic nitrogens is 4. The predicted octanol–water partition coefficient (Wildman–Crippen LogP) is 2.26. The van der Waals surface area contributed by atoms with Gasteiger partial charge in [-0.2, -0.15) is 5.10 Å². The molecule has 2 N–H and O–H groups in total. The van der Waals surface area contributed by atoms with Crippen molar-refractivity contribution in [2.24, 2.45) is 0 Å². The van der Waals surface area contributed by atoms with Crippen LogP contribution in [-0.4, -0.2) is 37.5 Å². The second kappa shape index (κ2) is 5.67. The SMILES string of the molecule is CC(O)CNc1ncnc2c1cnn2-c1cccc(Cl)c1. The van der Waals surface area contributed by atoms with Crippen LogP contribution < -0.4 is 5.32 Å². The third kappa shape index (κ3) is 2.81. The monoisotopic (exact) mass is 303 g/mol. The second-order valence-electron chi connectivity index (χ2n) is 4.73. The van der Waals surface area contributed by atoms with Gasteiger partial charge in [0.2, 0.25) is 0 Å². The number of fused-ring (bicyclic) bond motifs is 1. The molecule has 0 saturated carbocycles. The summed E-state index contributed by atoms with van der Waals surface area (Å²) in [5.74, 6) is 0.647. The molecular formula is C14H14ClN5O. The molecule has 0 aliphatic carbocycles. The molecular weight excluding hydrogens is 290 g/mol. The normalized spacial score (nSPS) is 12.5. The molecule has 108 valence electrons. The van der Waals surface area contributed by atoms with E-state index in [1.807, 2.05) is 18.2 Å². The van der Waals surface area contributed by atoms with Crippen molar-refractivity contribution in [3.05, 3.63) is 41.8 Å². The van der Waals surface area contributed by atoms with Crippen molar-refractivity contribution < 1.29 is 5.11 Å². The highest BCUT2D eigenvalue weighted by molar-refractivity contribution is 6.30. The molecule has 7 heteroatoms. The molecule has 1 aromatic carbocycles. The van der Waals surface area contributed by atoms with Crippen LogP contribution in [0.1, 0.15) is 6.92 Å². The third-order valence-electron chi connectivity index (χ3n) is 2.98. The van der Waals surface area contributed by atoms with E-state index in [0.29, 0.717) is 23.0 Å². The van der Waals surface area contributed by atoms with E-state index in [1.54, 1.807) is 23.9 Å². The van der Waals surface area contributed by atoms with E-state index in [0.717, 1.165) is 11.1 Å². The zero-order valence-corrected chi connectivity index (χ0v) is 12.1. The van der Waals surface area contributed by atoms with E-state index in [1.165, 1.54) is 6.33 Å². The molecule has 0 aliphatic rings. The van der Waals surface area contributed by atoms with Crippen LogP contribution in [0.3, 0.4) is 0 Å². The first kappa shape index (κ1) is 13.8. The molecule has 1 unspecified atom stereocenters. The number of aliphatic hydroxyl groups is 1. The highest BCUT2D eigenvalue weighted by Gasteiger charge is 2.11. The van der Waals surface area contributed by atoms with Crippen LogP contribution in [-0.2, 0) is 0 Å². The fraction of sp³-hybridized carbons (Fsp3) is 0.214. The van der Waals surface area contributed by atoms with E-state index in [-0.39, 0.29) is 0 Å². The van der Waals surface area contributed by atoms with Crippen LogP contribution in [0.5, 0.6) is 0 Å². The van der Waals surface area contributed by atoms with Crippen molar-refractivity contribution in [2.45, 2.75) is 13.0 Å². The molecule has 1 atom stereocenters. The van der Waals surface area contributed by atoms with Crippen molar-refractivity contribution >= 4 is 28.5 Å².